The fourth-order valence-electron chi connectivity index (χ4n) is 4.94. The van der Waals surface area contributed by atoms with Crippen molar-refractivity contribution in [3.05, 3.63) is 24.0 Å². The lowest BCUT2D eigenvalue weighted by atomic mass is 9.79. The van der Waals surface area contributed by atoms with Crippen LogP contribution in [0.25, 0.3) is 11.0 Å². The van der Waals surface area contributed by atoms with Gasteiger partial charge in [0.2, 0.25) is 0 Å². The smallest absolute Gasteiger partial charge is 0.399 e. The van der Waals surface area contributed by atoms with Crippen molar-refractivity contribution >= 4 is 31.6 Å². The number of rotatable bonds is 2. The first-order chi connectivity index (χ1) is 12.2. The molecule has 2 aliphatic heterocycles. The van der Waals surface area contributed by atoms with Gasteiger partial charge in [-0.25, -0.2) is 4.98 Å². The lowest BCUT2D eigenvalue weighted by molar-refractivity contribution is 0.00578. The molecule has 7 heteroatoms. The summed E-state index contributed by atoms with van der Waals surface area (Å²) in [7, 11) is 1.92. The Bertz CT molecular complexity index is 848. The van der Waals surface area contributed by atoms with Crippen LogP contribution in [0.5, 0.6) is 0 Å². The predicted molar refractivity (Wildman–Crippen MR) is 106 cm³/mol. The summed E-state index contributed by atoms with van der Waals surface area (Å²) in [4.78, 5) is 11.0. The predicted octanol–water partition coefficient (Wildman–Crippen LogP) is 1.94. The first-order valence-corrected chi connectivity index (χ1v) is 9.82. The normalized spacial score (nSPS) is 32.8. The quantitative estimate of drug-likeness (QED) is 0.841. The van der Waals surface area contributed by atoms with Gasteiger partial charge in [-0.05, 0) is 76.5 Å². The molecule has 0 radical (unpaired) electrons. The second-order valence-electron chi connectivity index (χ2n) is 9.32. The van der Waals surface area contributed by atoms with Crippen molar-refractivity contribution in [2.45, 2.75) is 70.2 Å². The van der Waals surface area contributed by atoms with Crippen molar-refractivity contribution in [2.24, 2.45) is 5.92 Å². The van der Waals surface area contributed by atoms with Gasteiger partial charge in [0.05, 0.1) is 28.3 Å². The zero-order valence-electron chi connectivity index (χ0n) is 16.4. The molecule has 0 spiro atoms. The summed E-state index contributed by atoms with van der Waals surface area (Å²) in [6.07, 6.45) is 3.98. The van der Waals surface area contributed by atoms with Gasteiger partial charge in [0, 0.05) is 0 Å². The number of aromatic nitrogens is 2. The average molecular weight is 351 g/mol. The molecule has 136 valence electrons. The number of nitrogens with zero attached hydrogens (tertiary/aromatic N) is 2. The van der Waals surface area contributed by atoms with Crippen molar-refractivity contribution in [1.82, 2.24) is 14.8 Å². The van der Waals surface area contributed by atoms with Crippen molar-refractivity contribution in [1.29, 1.82) is 0 Å². The standard InChI is InChI=1S/C19H27B2N3O2/c1-18(2)19(3,4)26-21(25-18)12-6-8-14-15(10-12)23-17(22-14)16-11-5-7-13(9-11)24(16)20/h6,8,10-11,13,16H,5,7,9,20H2,1-4H3,(H,22,23)/t11-,13+,16-/m0/s1. The third-order valence-electron chi connectivity index (χ3n) is 7.24. The third kappa shape index (κ3) is 2.33. The lowest BCUT2D eigenvalue weighted by Gasteiger charge is -2.32. The molecule has 0 amide bonds. The Balaban J connectivity index is 1.46. The number of hydrogen-bond donors (Lipinski definition) is 1. The van der Waals surface area contributed by atoms with E-state index in [0.717, 1.165) is 34.3 Å². The zero-order chi connectivity index (χ0) is 18.3. The van der Waals surface area contributed by atoms with Gasteiger partial charge in [0.15, 0.2) is 7.98 Å². The fraction of sp³-hybridized carbons (Fsp3) is 0.632. The number of benzene rings is 1. The van der Waals surface area contributed by atoms with Gasteiger partial charge in [0.1, 0.15) is 5.82 Å². The molecule has 5 nitrogen and oxygen atoms in total. The van der Waals surface area contributed by atoms with E-state index >= 15 is 0 Å². The van der Waals surface area contributed by atoms with Crippen LogP contribution < -0.4 is 5.46 Å². The molecular weight excluding hydrogens is 324 g/mol. The van der Waals surface area contributed by atoms with Crippen molar-refractivity contribution in [3.63, 3.8) is 0 Å². The number of nitrogens with one attached hydrogen (secondary N) is 1. The van der Waals surface area contributed by atoms with Crippen LogP contribution in [-0.2, 0) is 9.31 Å². The second-order valence-corrected chi connectivity index (χ2v) is 9.32. The van der Waals surface area contributed by atoms with Gasteiger partial charge in [-0.2, -0.15) is 0 Å². The molecular formula is C19H27B2N3O2. The van der Waals surface area contributed by atoms with Crippen LogP contribution in [-0.4, -0.2) is 47.1 Å². The van der Waals surface area contributed by atoms with Gasteiger partial charge in [-0.1, -0.05) is 6.07 Å². The van der Waals surface area contributed by atoms with Gasteiger partial charge in [-0.3, -0.25) is 0 Å². The Hall–Kier alpha value is -1.30. The van der Waals surface area contributed by atoms with Crippen molar-refractivity contribution < 1.29 is 9.31 Å². The van der Waals surface area contributed by atoms with Gasteiger partial charge >= 0.3 is 7.12 Å². The summed E-state index contributed by atoms with van der Waals surface area (Å²) in [5.41, 5.74) is 2.50. The molecule has 1 aromatic heterocycles. The summed E-state index contributed by atoms with van der Waals surface area (Å²) in [6, 6.07) is 7.48. The minimum atomic E-state index is -0.332. The Morgan fingerprint density at radius 2 is 1.92 bits per heavy atom. The van der Waals surface area contributed by atoms with Crippen LogP contribution in [0.1, 0.15) is 58.8 Å². The highest BCUT2D eigenvalue weighted by Gasteiger charge is 2.51. The number of fused-ring (bicyclic) bond motifs is 3. The first kappa shape index (κ1) is 16.8. The number of hydrogen-bond acceptors (Lipinski definition) is 4. The van der Waals surface area contributed by atoms with E-state index in [2.05, 4.69) is 63.7 Å². The highest BCUT2D eigenvalue weighted by atomic mass is 16.7. The molecule has 1 N–H and O–H groups in total. The first-order valence-electron chi connectivity index (χ1n) is 9.82. The second kappa shape index (κ2) is 5.37. The Morgan fingerprint density at radius 3 is 2.58 bits per heavy atom. The maximum atomic E-state index is 6.20. The molecule has 26 heavy (non-hydrogen) atoms. The minimum absolute atomic E-state index is 0.322. The van der Waals surface area contributed by atoms with Crippen LogP contribution in [0, 0.1) is 5.92 Å². The van der Waals surface area contributed by atoms with E-state index < -0.39 is 0 Å². The summed E-state index contributed by atoms with van der Waals surface area (Å²) in [5.74, 6) is 1.86. The lowest BCUT2D eigenvalue weighted by Crippen LogP contribution is -2.41. The number of aromatic amines is 1. The maximum Gasteiger partial charge on any atom is 0.494 e. The van der Waals surface area contributed by atoms with E-state index in [1.165, 1.54) is 19.3 Å². The maximum absolute atomic E-state index is 6.20. The monoisotopic (exact) mass is 351 g/mol. The largest absolute Gasteiger partial charge is 0.494 e. The van der Waals surface area contributed by atoms with Crippen LogP contribution in [0.3, 0.4) is 0 Å². The van der Waals surface area contributed by atoms with Crippen molar-refractivity contribution in [2.75, 3.05) is 0 Å². The minimum Gasteiger partial charge on any atom is -0.399 e. The van der Waals surface area contributed by atoms with Gasteiger partial charge in [-0.15, -0.1) is 0 Å². The highest BCUT2D eigenvalue weighted by Crippen LogP contribution is 2.48. The fourth-order valence-corrected chi connectivity index (χ4v) is 4.94. The zero-order valence-corrected chi connectivity index (χ0v) is 16.4. The summed E-state index contributed by atoms with van der Waals surface area (Å²) in [6.45, 7) is 8.35. The summed E-state index contributed by atoms with van der Waals surface area (Å²) >= 11 is 0. The molecule has 5 rings (SSSR count). The Morgan fingerprint density at radius 1 is 1.19 bits per heavy atom. The molecule has 3 heterocycles. The number of H-pyrrole nitrogens is 1. The van der Waals surface area contributed by atoms with E-state index in [4.69, 9.17) is 14.3 Å². The molecule has 2 aromatic rings. The number of imidazole rings is 1. The highest BCUT2D eigenvalue weighted by molar-refractivity contribution is 6.62. The van der Waals surface area contributed by atoms with Crippen molar-refractivity contribution in [3.8, 4) is 0 Å². The van der Waals surface area contributed by atoms with Crippen LogP contribution in [0.15, 0.2) is 18.2 Å². The van der Waals surface area contributed by atoms with Gasteiger partial charge < -0.3 is 19.1 Å². The molecule has 2 bridgehead atoms. The van der Waals surface area contributed by atoms with E-state index in [1.54, 1.807) is 0 Å². The third-order valence-corrected chi connectivity index (χ3v) is 7.24. The van der Waals surface area contributed by atoms with Crippen LogP contribution in [0.4, 0.5) is 0 Å². The Kier molecular flexibility index (Phi) is 3.48. The van der Waals surface area contributed by atoms with Crippen LogP contribution in [0.2, 0.25) is 0 Å². The van der Waals surface area contributed by atoms with E-state index in [1.807, 2.05) is 0 Å². The molecule has 0 unspecified atom stereocenters. The van der Waals surface area contributed by atoms with E-state index in [0.29, 0.717) is 6.04 Å². The topological polar surface area (TPSA) is 50.4 Å². The molecule has 1 aliphatic carbocycles. The molecule has 2 saturated heterocycles. The van der Waals surface area contributed by atoms with Crippen LogP contribution >= 0.6 is 0 Å². The number of piperidine rings is 1. The Labute approximate surface area is 156 Å². The van der Waals surface area contributed by atoms with E-state index in [9.17, 15) is 0 Å². The van der Waals surface area contributed by atoms with Gasteiger partial charge in [0.25, 0.3) is 0 Å². The summed E-state index contributed by atoms with van der Waals surface area (Å²) < 4.78 is 12.4. The SMILES string of the molecule is BN1[C@@H]2CC[C@@H](C2)[C@H]1c1nc2ccc(B3OC(C)(C)C(C)(C)O3)cc2[nH]1. The molecule has 3 atom stereocenters. The van der Waals surface area contributed by atoms with E-state index in [-0.39, 0.29) is 18.3 Å². The molecule has 3 fully saturated rings. The average Bonchev–Trinajstić information content (AvgIpc) is 3.29. The molecule has 1 saturated carbocycles. The summed E-state index contributed by atoms with van der Waals surface area (Å²) in [5, 5.41) is 0. The molecule has 3 aliphatic rings. The molecule has 1 aromatic carbocycles.